The van der Waals surface area contributed by atoms with Crippen molar-refractivity contribution in [3.05, 3.63) is 67.3 Å². The molecule has 2 fully saturated rings. The molecule has 0 aliphatic carbocycles. The van der Waals surface area contributed by atoms with Gasteiger partial charge in [0, 0.05) is 63.6 Å². The molecule has 0 aromatic heterocycles. The van der Waals surface area contributed by atoms with Gasteiger partial charge in [-0.1, -0.05) is 37.4 Å². The van der Waals surface area contributed by atoms with Crippen LogP contribution in [0.2, 0.25) is 0 Å². The zero-order valence-electron chi connectivity index (χ0n) is 24.2. The molecule has 2 aromatic rings. The Labute approximate surface area is 284 Å². The average Bonchev–Trinajstić information content (AvgIpc) is 3.76. The summed E-state index contributed by atoms with van der Waals surface area (Å²) in [7, 11) is 0. The number of benzene rings is 2. The van der Waals surface area contributed by atoms with Gasteiger partial charge >= 0.3 is 17.9 Å². The third-order valence-corrected chi connectivity index (χ3v) is 15.6. The lowest BCUT2D eigenvalue weighted by molar-refractivity contribution is -0.144. The molecule has 0 saturated carbocycles. The summed E-state index contributed by atoms with van der Waals surface area (Å²) in [6, 6.07) is 10.8. The Morgan fingerprint density at radius 3 is 1.84 bits per heavy atom. The Balaban J connectivity index is 1.37. The van der Waals surface area contributed by atoms with Crippen LogP contribution in [0.3, 0.4) is 0 Å². The fourth-order valence-corrected chi connectivity index (χ4v) is 13.0. The first-order chi connectivity index (χ1) is 21.5. The number of esters is 3. The Hall–Kier alpha value is -1.51. The van der Waals surface area contributed by atoms with E-state index >= 15 is 0 Å². The highest BCUT2D eigenvalue weighted by Gasteiger charge is 2.23. The third kappa shape index (κ3) is 11.4. The van der Waals surface area contributed by atoms with Gasteiger partial charge in [-0.3, -0.25) is 0 Å². The van der Waals surface area contributed by atoms with Crippen molar-refractivity contribution in [2.45, 2.75) is 21.4 Å². The lowest BCUT2D eigenvalue weighted by atomic mass is 10.0. The van der Waals surface area contributed by atoms with Gasteiger partial charge in [0.25, 0.3) is 0 Å². The molecule has 0 bridgehead atoms. The molecule has 0 spiro atoms. The van der Waals surface area contributed by atoms with Crippen molar-refractivity contribution >= 4 is 99.3 Å². The molecule has 4 rings (SSSR count). The molecule has 0 N–H and O–H groups in total. The summed E-state index contributed by atoms with van der Waals surface area (Å²) in [6.45, 7) is 7.09. The first-order valence-electron chi connectivity index (χ1n) is 14.1. The van der Waals surface area contributed by atoms with Crippen LogP contribution in [-0.4, -0.2) is 98.5 Å². The van der Waals surface area contributed by atoms with Gasteiger partial charge in [0.2, 0.25) is 0 Å². The molecule has 2 atom stereocenters. The zero-order valence-corrected chi connectivity index (χ0v) is 29.1. The van der Waals surface area contributed by atoms with Crippen molar-refractivity contribution in [2.75, 3.05) is 59.2 Å². The van der Waals surface area contributed by atoms with Crippen LogP contribution in [0.25, 0.3) is 10.8 Å². The van der Waals surface area contributed by atoms with Gasteiger partial charge in [-0.2, -0.15) is 23.5 Å². The van der Waals surface area contributed by atoms with Crippen LogP contribution in [0.1, 0.15) is 10.4 Å². The van der Waals surface area contributed by atoms with E-state index < -0.39 is 30.1 Å². The molecule has 2 unspecified atom stereocenters. The van der Waals surface area contributed by atoms with Crippen molar-refractivity contribution in [2.24, 2.45) is 0 Å². The molecular weight excluding hydrogens is 677 g/mol. The summed E-state index contributed by atoms with van der Waals surface area (Å²) in [4.78, 5) is 37.2. The fourth-order valence-electron chi connectivity index (χ4n) is 4.26. The molecule has 0 radical (unpaired) electrons. The lowest BCUT2D eigenvalue weighted by Gasteiger charge is -2.20. The van der Waals surface area contributed by atoms with Crippen molar-refractivity contribution in [1.82, 2.24) is 0 Å². The second kappa shape index (κ2) is 19.2. The smallest absolute Gasteiger partial charge is 0.338 e. The molecule has 2 saturated heterocycles. The van der Waals surface area contributed by atoms with Crippen molar-refractivity contribution < 1.29 is 33.3 Å². The minimum atomic E-state index is -0.585. The quantitative estimate of drug-likeness (QED) is 0.0940. The number of ether oxygens (including phenoxy) is 4. The van der Waals surface area contributed by atoms with E-state index in [9.17, 15) is 14.4 Å². The molecule has 2 aliphatic rings. The Bertz CT molecular complexity index is 1280. The van der Waals surface area contributed by atoms with Crippen LogP contribution in [0.15, 0.2) is 61.7 Å². The largest absolute Gasteiger partial charge is 0.489 e. The summed E-state index contributed by atoms with van der Waals surface area (Å²) in [5.41, 5.74) is 0.380. The molecular formula is C31H36O7S6. The van der Waals surface area contributed by atoms with Gasteiger partial charge in [0.05, 0.1) is 14.7 Å². The Kier molecular flexibility index (Phi) is 15.4. The number of hydrogen-bond donors (Lipinski definition) is 0. The number of carbonyl (C=O) groups is 3. The normalized spacial score (nSPS) is 16.7. The summed E-state index contributed by atoms with van der Waals surface area (Å²) in [5, 5.41) is 1.41. The molecule has 2 heterocycles. The minimum absolute atomic E-state index is 0.0607. The highest BCUT2D eigenvalue weighted by atomic mass is 32.2. The van der Waals surface area contributed by atoms with Gasteiger partial charge < -0.3 is 18.9 Å². The van der Waals surface area contributed by atoms with Gasteiger partial charge in [-0.25, -0.2) is 14.4 Å². The molecule has 2 aliphatic heterocycles. The number of hydrogen-bond acceptors (Lipinski definition) is 13. The van der Waals surface area contributed by atoms with Gasteiger partial charge in [0.15, 0.2) is 0 Å². The third-order valence-electron chi connectivity index (χ3n) is 6.33. The van der Waals surface area contributed by atoms with E-state index in [1.165, 1.54) is 11.5 Å². The number of rotatable bonds is 18. The van der Waals surface area contributed by atoms with Gasteiger partial charge in [0.1, 0.15) is 31.2 Å². The number of thioether (sulfide) groups is 6. The Morgan fingerprint density at radius 1 is 0.773 bits per heavy atom. The highest BCUT2D eigenvalue weighted by Crippen LogP contribution is 2.35. The topological polar surface area (TPSA) is 88.1 Å². The summed E-state index contributed by atoms with van der Waals surface area (Å²) in [6.07, 6.45) is 1.23. The number of carbonyl (C=O) groups excluding carboxylic acids is 3. The zero-order chi connectivity index (χ0) is 31.1. The van der Waals surface area contributed by atoms with E-state index in [0.717, 1.165) is 40.5 Å². The van der Waals surface area contributed by atoms with E-state index in [-0.39, 0.29) is 13.2 Å². The molecule has 13 heteroatoms. The van der Waals surface area contributed by atoms with Crippen LogP contribution in [0.5, 0.6) is 5.75 Å². The average molecular weight is 713 g/mol. The fraction of sp³-hybridized carbons (Fsp3) is 0.452. The minimum Gasteiger partial charge on any atom is -0.489 e. The molecule has 238 valence electrons. The first-order valence-corrected chi connectivity index (χ1v) is 20.6. The van der Waals surface area contributed by atoms with Crippen LogP contribution in [0.4, 0.5) is 0 Å². The van der Waals surface area contributed by atoms with Crippen molar-refractivity contribution in [3.63, 3.8) is 0 Å². The van der Waals surface area contributed by atoms with E-state index in [1.807, 2.05) is 71.3 Å². The Morgan fingerprint density at radius 2 is 1.30 bits per heavy atom. The predicted molar refractivity (Wildman–Crippen MR) is 192 cm³/mol. The maximum absolute atomic E-state index is 13.3. The maximum atomic E-state index is 13.3. The monoisotopic (exact) mass is 712 g/mol. The van der Waals surface area contributed by atoms with E-state index in [2.05, 4.69) is 13.2 Å². The van der Waals surface area contributed by atoms with Crippen LogP contribution < -0.4 is 4.74 Å². The standard InChI is InChI=1S/C31H36O7S6/c1-3-27(32)37-21(17-39-19-29-41-11-12-42-29)15-35-26-10-9-25(23-7-5-6-8-24(23)26)31(34)36-16-22(38-28(33)4-2)18-40-20-30-43-13-14-44-30/h3-10,21-22,29-30H,1-2,11-20H2. The van der Waals surface area contributed by atoms with Crippen LogP contribution >= 0.6 is 70.6 Å². The summed E-state index contributed by atoms with van der Waals surface area (Å²) >= 11 is 11.2. The molecule has 7 nitrogen and oxygen atoms in total. The second-order valence-electron chi connectivity index (χ2n) is 9.51. The van der Waals surface area contributed by atoms with Crippen LogP contribution in [0, 0.1) is 0 Å². The summed E-state index contributed by atoms with van der Waals surface area (Å²) < 4.78 is 24.0. The van der Waals surface area contributed by atoms with Crippen LogP contribution in [-0.2, 0) is 23.8 Å². The number of fused-ring (bicyclic) bond motifs is 1. The molecule has 44 heavy (non-hydrogen) atoms. The second-order valence-corrected chi connectivity index (χ2v) is 17.5. The van der Waals surface area contributed by atoms with Crippen molar-refractivity contribution in [1.29, 1.82) is 0 Å². The SMILES string of the molecule is C=CC(=O)OC(COC(=O)c1ccc(OCC(CSCC2SCCS2)OC(=O)C=C)c2ccccc12)CSCC1SCCS1. The first kappa shape index (κ1) is 35.3. The summed E-state index contributed by atoms with van der Waals surface area (Å²) in [5.74, 6) is 6.70. The lowest BCUT2D eigenvalue weighted by Crippen LogP contribution is -2.27. The van der Waals surface area contributed by atoms with Gasteiger partial charge in [-0.15, -0.1) is 47.0 Å². The van der Waals surface area contributed by atoms with E-state index in [4.69, 9.17) is 18.9 Å². The van der Waals surface area contributed by atoms with E-state index in [0.29, 0.717) is 37.4 Å². The molecule has 0 amide bonds. The van der Waals surface area contributed by atoms with Gasteiger partial charge in [-0.05, 0) is 17.5 Å². The molecule has 2 aromatic carbocycles. The maximum Gasteiger partial charge on any atom is 0.338 e. The highest BCUT2D eigenvalue weighted by molar-refractivity contribution is 8.21. The predicted octanol–water partition coefficient (Wildman–Crippen LogP) is 6.65. The van der Waals surface area contributed by atoms with E-state index in [1.54, 1.807) is 35.7 Å². The van der Waals surface area contributed by atoms with Crippen molar-refractivity contribution in [3.8, 4) is 5.75 Å².